The van der Waals surface area contributed by atoms with E-state index >= 15 is 0 Å². The molecule has 0 amide bonds. The molecule has 0 fully saturated rings. The summed E-state index contributed by atoms with van der Waals surface area (Å²) < 4.78 is 5.43. The van der Waals surface area contributed by atoms with Crippen LogP contribution in [0.4, 0.5) is 0 Å². The molecule has 0 aliphatic heterocycles. The Hall–Kier alpha value is -1.46. The van der Waals surface area contributed by atoms with Crippen molar-refractivity contribution in [1.82, 2.24) is 5.32 Å². The molecular formula is C15H21NO. The molecule has 0 saturated heterocycles. The van der Waals surface area contributed by atoms with E-state index in [1.807, 2.05) is 26.0 Å². The summed E-state index contributed by atoms with van der Waals surface area (Å²) in [6.45, 7) is 7.63. The van der Waals surface area contributed by atoms with Crippen LogP contribution in [-0.2, 0) is 0 Å². The maximum atomic E-state index is 5.43. The molecule has 0 aromatic heterocycles. The Kier molecular flexibility index (Phi) is 6.21. The summed E-state index contributed by atoms with van der Waals surface area (Å²) in [7, 11) is 0. The van der Waals surface area contributed by atoms with Gasteiger partial charge >= 0.3 is 0 Å². The summed E-state index contributed by atoms with van der Waals surface area (Å²) in [5.74, 6) is 7.00. The molecule has 92 valence electrons. The first kappa shape index (κ1) is 13.6. The molecule has 0 bridgehead atoms. The molecule has 17 heavy (non-hydrogen) atoms. The van der Waals surface area contributed by atoms with Crippen LogP contribution in [0.15, 0.2) is 24.3 Å². The fourth-order valence-corrected chi connectivity index (χ4v) is 1.72. The lowest BCUT2D eigenvalue weighted by atomic mass is 10.0. The van der Waals surface area contributed by atoms with E-state index in [1.54, 1.807) is 0 Å². The van der Waals surface area contributed by atoms with Gasteiger partial charge in [0, 0.05) is 12.5 Å². The van der Waals surface area contributed by atoms with E-state index in [0.29, 0.717) is 12.6 Å². The van der Waals surface area contributed by atoms with Gasteiger partial charge in [0.15, 0.2) is 0 Å². The van der Waals surface area contributed by atoms with Crippen molar-refractivity contribution in [1.29, 1.82) is 0 Å². The number of benzene rings is 1. The molecule has 1 aromatic carbocycles. The Morgan fingerprint density at radius 2 is 1.94 bits per heavy atom. The van der Waals surface area contributed by atoms with Gasteiger partial charge in [-0.05, 0) is 38.1 Å². The lowest BCUT2D eigenvalue weighted by molar-refractivity contribution is 0.340. The summed E-state index contributed by atoms with van der Waals surface area (Å²) in [5.41, 5.74) is 1.26. The van der Waals surface area contributed by atoms with Gasteiger partial charge in [0.2, 0.25) is 0 Å². The smallest absolute Gasteiger partial charge is 0.119 e. The third kappa shape index (κ3) is 4.50. The van der Waals surface area contributed by atoms with Crippen molar-refractivity contribution >= 4 is 0 Å². The third-order valence-electron chi connectivity index (χ3n) is 2.53. The molecule has 1 atom stereocenters. The maximum Gasteiger partial charge on any atom is 0.119 e. The molecule has 0 heterocycles. The van der Waals surface area contributed by atoms with Crippen LogP contribution in [0.2, 0.25) is 0 Å². The van der Waals surface area contributed by atoms with Crippen molar-refractivity contribution in [3.05, 3.63) is 29.8 Å². The lowest BCUT2D eigenvalue weighted by Gasteiger charge is -2.16. The van der Waals surface area contributed by atoms with E-state index in [1.165, 1.54) is 5.56 Å². The summed E-state index contributed by atoms with van der Waals surface area (Å²) in [6, 6.07) is 8.55. The van der Waals surface area contributed by atoms with Crippen LogP contribution in [0.3, 0.4) is 0 Å². The van der Waals surface area contributed by atoms with E-state index < -0.39 is 0 Å². The largest absolute Gasteiger partial charge is 0.494 e. The van der Waals surface area contributed by atoms with Crippen molar-refractivity contribution in [3.8, 4) is 17.6 Å². The minimum absolute atomic E-state index is 0.308. The number of hydrogen-bond donors (Lipinski definition) is 1. The first-order valence-corrected chi connectivity index (χ1v) is 6.17. The number of nitrogens with one attached hydrogen (secondary N) is 1. The van der Waals surface area contributed by atoms with Gasteiger partial charge in [-0.15, -0.1) is 11.8 Å². The number of rotatable bonds is 6. The van der Waals surface area contributed by atoms with Gasteiger partial charge in [-0.3, -0.25) is 0 Å². The predicted octanol–water partition coefficient (Wildman–Crippen LogP) is 3.15. The molecule has 0 spiro atoms. The normalized spacial score (nSPS) is 11.5. The Balaban J connectivity index is 2.74. The van der Waals surface area contributed by atoms with E-state index in [4.69, 9.17) is 4.74 Å². The minimum atomic E-state index is 0.308. The van der Waals surface area contributed by atoms with Gasteiger partial charge in [0.25, 0.3) is 0 Å². The van der Waals surface area contributed by atoms with Crippen LogP contribution < -0.4 is 10.1 Å². The first-order valence-electron chi connectivity index (χ1n) is 6.17. The Morgan fingerprint density at radius 3 is 2.47 bits per heavy atom. The average Bonchev–Trinajstić information content (AvgIpc) is 2.36. The maximum absolute atomic E-state index is 5.43. The molecule has 1 aromatic rings. The Bertz CT molecular complexity index is 372. The van der Waals surface area contributed by atoms with Gasteiger partial charge in [-0.25, -0.2) is 0 Å². The minimum Gasteiger partial charge on any atom is -0.494 e. The molecule has 1 N–H and O–H groups in total. The summed E-state index contributed by atoms with van der Waals surface area (Å²) in [5, 5.41) is 3.44. The van der Waals surface area contributed by atoms with Crippen molar-refractivity contribution in [2.75, 3.05) is 13.2 Å². The van der Waals surface area contributed by atoms with Crippen LogP contribution >= 0.6 is 0 Å². The van der Waals surface area contributed by atoms with Gasteiger partial charge in [0.05, 0.1) is 6.61 Å². The first-order chi connectivity index (χ1) is 8.31. The summed E-state index contributed by atoms with van der Waals surface area (Å²) in [4.78, 5) is 0. The predicted molar refractivity (Wildman–Crippen MR) is 72.1 cm³/mol. The van der Waals surface area contributed by atoms with Gasteiger partial charge < -0.3 is 10.1 Å². The van der Waals surface area contributed by atoms with E-state index in [9.17, 15) is 0 Å². The molecule has 0 aliphatic carbocycles. The molecule has 2 heteroatoms. The van der Waals surface area contributed by atoms with Crippen LogP contribution in [0, 0.1) is 11.8 Å². The van der Waals surface area contributed by atoms with Crippen LogP contribution in [0.5, 0.6) is 5.75 Å². The molecular weight excluding hydrogens is 210 g/mol. The quantitative estimate of drug-likeness (QED) is 0.759. The second-order valence-corrected chi connectivity index (χ2v) is 3.74. The highest BCUT2D eigenvalue weighted by Gasteiger charge is 2.08. The zero-order valence-electron chi connectivity index (χ0n) is 10.9. The second kappa shape index (κ2) is 7.76. The van der Waals surface area contributed by atoms with E-state index in [-0.39, 0.29) is 0 Å². The van der Waals surface area contributed by atoms with Crippen LogP contribution in [0.25, 0.3) is 0 Å². The van der Waals surface area contributed by atoms with Crippen molar-refractivity contribution in [2.45, 2.75) is 33.2 Å². The molecule has 1 unspecified atom stereocenters. The highest BCUT2D eigenvalue weighted by molar-refractivity contribution is 5.29. The number of ether oxygens (including phenoxy) is 1. The molecule has 0 radical (unpaired) electrons. The van der Waals surface area contributed by atoms with Crippen molar-refractivity contribution < 1.29 is 4.74 Å². The van der Waals surface area contributed by atoms with Crippen molar-refractivity contribution in [3.63, 3.8) is 0 Å². The molecule has 0 aliphatic rings. The summed E-state index contributed by atoms with van der Waals surface area (Å²) in [6.07, 6.45) is 0.846. The van der Waals surface area contributed by atoms with E-state index in [0.717, 1.165) is 18.7 Å². The van der Waals surface area contributed by atoms with E-state index in [2.05, 4.69) is 36.2 Å². The molecule has 2 nitrogen and oxygen atoms in total. The second-order valence-electron chi connectivity index (χ2n) is 3.74. The third-order valence-corrected chi connectivity index (χ3v) is 2.53. The fourth-order valence-electron chi connectivity index (χ4n) is 1.72. The topological polar surface area (TPSA) is 21.3 Å². The molecule has 0 saturated carbocycles. The number of hydrogen-bond acceptors (Lipinski definition) is 2. The zero-order valence-corrected chi connectivity index (χ0v) is 10.9. The SMILES string of the molecule is CC#CCC(NCC)c1ccc(OCC)cc1. The fraction of sp³-hybridized carbons (Fsp3) is 0.467. The zero-order chi connectivity index (χ0) is 12.5. The Labute approximate surface area is 104 Å². The van der Waals surface area contributed by atoms with Crippen LogP contribution in [-0.4, -0.2) is 13.2 Å². The highest BCUT2D eigenvalue weighted by Crippen LogP contribution is 2.20. The van der Waals surface area contributed by atoms with Gasteiger partial charge in [0.1, 0.15) is 5.75 Å². The van der Waals surface area contributed by atoms with Crippen molar-refractivity contribution in [2.24, 2.45) is 0 Å². The summed E-state index contributed by atoms with van der Waals surface area (Å²) >= 11 is 0. The molecule has 1 rings (SSSR count). The average molecular weight is 231 g/mol. The standard InChI is InChI=1S/C15H21NO/c1-4-7-8-15(16-5-2)13-9-11-14(12-10-13)17-6-3/h9-12,15-16H,5-6,8H2,1-3H3. The van der Waals surface area contributed by atoms with Gasteiger partial charge in [-0.1, -0.05) is 19.1 Å². The monoisotopic (exact) mass is 231 g/mol. The van der Waals surface area contributed by atoms with Gasteiger partial charge in [-0.2, -0.15) is 0 Å². The highest BCUT2D eigenvalue weighted by atomic mass is 16.5. The lowest BCUT2D eigenvalue weighted by Crippen LogP contribution is -2.20. The Morgan fingerprint density at radius 1 is 1.24 bits per heavy atom. The van der Waals surface area contributed by atoms with Crippen LogP contribution in [0.1, 0.15) is 38.8 Å².